The number of benzene rings is 2. The molecule has 0 saturated heterocycles. The molecule has 0 saturated carbocycles. The zero-order valence-corrected chi connectivity index (χ0v) is 77.7. The molecule has 0 unspecified atom stereocenters. The summed E-state index contributed by atoms with van der Waals surface area (Å²) in [5.74, 6) is -20.8. The Morgan fingerprint density at radius 1 is 0.404 bits per heavy atom. The van der Waals surface area contributed by atoms with Gasteiger partial charge in [0, 0.05) is 117 Å². The number of H-pyrrole nitrogens is 2. The van der Waals surface area contributed by atoms with Gasteiger partial charge in [-0.2, -0.15) is 35.2 Å². The van der Waals surface area contributed by atoms with Crippen LogP contribution in [0.2, 0.25) is 0 Å². The first-order valence-electron chi connectivity index (χ1n) is 43.9. The highest BCUT2D eigenvalue weighted by Gasteiger charge is 2.37. The van der Waals surface area contributed by atoms with Crippen LogP contribution in [0.25, 0.3) is 22.3 Å². The number of thiol groups is 2. The van der Waals surface area contributed by atoms with E-state index < -0.39 is 198 Å². The number of anilines is 2. The van der Waals surface area contributed by atoms with Gasteiger partial charge in [0.15, 0.2) is 68.9 Å². The lowest BCUT2D eigenvalue weighted by atomic mass is 9.90. The Bertz CT molecular complexity index is 5440. The van der Waals surface area contributed by atoms with Crippen molar-refractivity contribution in [3.8, 4) is 0 Å². The number of carboxylic acid groups (broad SMARTS) is 5. The summed E-state index contributed by atoms with van der Waals surface area (Å²) in [6, 6.07) is 5.85. The minimum Gasteiger partial charge on any atom is -0.481 e. The predicted octanol–water partition coefficient (Wildman–Crippen LogP) is 1.14. The molecule has 6 amide bonds. The SMILES string of the molecule is CC[C@H](CC(=O)[C@@H](CC(=O)O)NC(=O)[C@@H](CCCN=C(N)N)CC(=O)[C@@H](CC(=O)O)NC(=O)CC[C@H](C)CC(=O)c1ccc(CCc2cnc3nc(N)[nH]c(=O)c3n2)cc1)C(=O)N[C@H](C)CS.CC[C@H](CC(=O)[C@H](CC(=O)O)NC(=O)[C@@H](CCCN=C(N)N)CC(=O)[C@@H](CC(=O)O)NC(=O)CC[C@H](C)CC(=O)c1ccc(CCc2cnc3nc(N)[nH]c(=O)c3n2)cc1)C(=O)N[C@@H](CS)C(=O)O. The van der Waals surface area contributed by atoms with Crippen molar-refractivity contribution in [1.82, 2.24) is 71.8 Å². The van der Waals surface area contributed by atoms with Gasteiger partial charge in [-0.25, -0.2) is 24.7 Å². The minimum atomic E-state index is -1.69. The van der Waals surface area contributed by atoms with Crippen LogP contribution in [0.4, 0.5) is 11.9 Å². The Balaban J connectivity index is 0.000000481. The number of carbonyl (C=O) groups is 17. The van der Waals surface area contributed by atoms with Crippen molar-refractivity contribution in [3.05, 3.63) is 115 Å². The third-order valence-corrected chi connectivity index (χ3v) is 22.7. The number of guanidine groups is 2. The maximum atomic E-state index is 13.7. The standard InChI is InChI=1S/C44H59N11O13S.C44H61N11O11S/c1-3-24(39(64)53-30(21-69)42(67)68)16-32(57)29(19-36(62)63)52-40(65)26(5-4-14-48-43(45)46)17-33(58)28(18-35(60)61)51-34(59)13-6-22(2)15-31(56)25-10-7-23(8-11-25)9-12-27-20-49-38-37(50-27)41(66)55-44(47)54-38;1-4-26(40(64)50-24(3)22-67)17-33(57)31(20-37(62)63)53-41(65)28(6-5-15-48-43(45)46)18-34(58)30(19-36(60)61)52-35(59)14-7-23(2)16-32(56)27-11-8-25(9-12-27)10-13-29-21-49-39-38(51-29)42(66)55-44(47)54-39/h7-8,10-11,20,22,24,26,28-30,69H,3-6,9,12-19,21H2,1-2H3,(H,51,59)(H,52,65)(H,53,64)(H,60,61)(H,62,63)(H,67,68)(H4,45,46,48)(H3,47,49,54,55,66);8-9,11-12,21,23-24,26,28,30-31,67H,4-7,10,13-20,22H2,1-3H3,(H,50,64)(H,52,59)(H,53,65)(H,60,61)(H,62,63)(H4,45,46,48)(H3,47,49,54,55,66)/t22-,24+,26-,28+,29-,30-;23-,24+,26+,28-,30+,31+/m00/s1. The number of rotatable bonds is 61. The monoisotopic (exact) mass is 1930 g/mol. The number of hydrogen-bond donors (Lipinski definition) is 21. The molecule has 46 nitrogen and oxygen atoms in total. The van der Waals surface area contributed by atoms with Crippen LogP contribution < -0.4 is 77.4 Å². The summed E-state index contributed by atoms with van der Waals surface area (Å²) in [6.45, 7) is 8.51. The highest BCUT2D eigenvalue weighted by Crippen LogP contribution is 2.25. The fourth-order valence-electron chi connectivity index (χ4n) is 14.1. The number of hydrogen-bond acceptors (Lipinski definition) is 31. The first kappa shape index (κ1) is 112. The first-order valence-corrected chi connectivity index (χ1v) is 45.2. The molecule has 0 bridgehead atoms. The van der Waals surface area contributed by atoms with Crippen LogP contribution in [-0.2, 0) is 97.6 Å². The number of aliphatic carboxylic acids is 5. The Labute approximate surface area is 791 Å². The lowest BCUT2D eigenvalue weighted by Gasteiger charge is -2.24. The zero-order valence-electron chi connectivity index (χ0n) is 75.9. The van der Waals surface area contributed by atoms with Gasteiger partial charge in [-0.05, 0) is 107 Å². The molecule has 136 heavy (non-hydrogen) atoms. The second-order valence-electron chi connectivity index (χ2n) is 33.0. The lowest BCUT2D eigenvalue weighted by Crippen LogP contribution is -2.49. The van der Waals surface area contributed by atoms with E-state index in [0.29, 0.717) is 54.0 Å². The van der Waals surface area contributed by atoms with Gasteiger partial charge >= 0.3 is 29.8 Å². The summed E-state index contributed by atoms with van der Waals surface area (Å²) in [5.41, 5.74) is 36.0. The van der Waals surface area contributed by atoms with Gasteiger partial charge in [0.05, 0.1) is 73.6 Å². The summed E-state index contributed by atoms with van der Waals surface area (Å²) in [4.78, 5) is 280. The van der Waals surface area contributed by atoms with Crippen molar-refractivity contribution in [1.29, 1.82) is 0 Å². The van der Waals surface area contributed by atoms with Gasteiger partial charge in [0.25, 0.3) is 11.1 Å². The fourth-order valence-corrected chi connectivity index (χ4v) is 14.4. The number of nitrogen functional groups attached to an aromatic ring is 2. The van der Waals surface area contributed by atoms with E-state index in [9.17, 15) is 117 Å². The van der Waals surface area contributed by atoms with Crippen molar-refractivity contribution >= 4 is 171 Å². The number of aromatic nitrogens is 8. The van der Waals surface area contributed by atoms with E-state index >= 15 is 0 Å². The average Bonchev–Trinajstić information content (AvgIpc) is 0.811. The number of nitrogens with one attached hydrogen (secondary N) is 8. The number of Topliss-reactive ketones (excluding diaryl/α,β-unsaturated/α-hetero) is 6. The number of fused-ring (bicyclic) bond motifs is 2. The Morgan fingerprint density at radius 3 is 1.04 bits per heavy atom. The van der Waals surface area contributed by atoms with E-state index in [-0.39, 0.29) is 178 Å². The van der Waals surface area contributed by atoms with Gasteiger partial charge in [0.2, 0.25) is 47.3 Å². The molecule has 738 valence electrons. The highest BCUT2D eigenvalue weighted by molar-refractivity contribution is 7.80. The van der Waals surface area contributed by atoms with Crippen LogP contribution in [0.5, 0.6) is 0 Å². The molecule has 0 aliphatic carbocycles. The number of amides is 6. The van der Waals surface area contributed by atoms with E-state index in [1.54, 1.807) is 83.1 Å². The van der Waals surface area contributed by atoms with E-state index in [1.807, 2.05) is 0 Å². The second kappa shape index (κ2) is 56.8. The minimum absolute atomic E-state index is 0.000917. The molecule has 0 aliphatic rings. The van der Waals surface area contributed by atoms with Gasteiger partial charge in [-0.1, -0.05) is 76.2 Å². The van der Waals surface area contributed by atoms with Crippen LogP contribution in [0, 0.1) is 35.5 Å². The molecule has 12 atom stereocenters. The highest BCUT2D eigenvalue weighted by atomic mass is 32.1. The van der Waals surface area contributed by atoms with Crippen molar-refractivity contribution in [3.63, 3.8) is 0 Å². The molecular weight excluding hydrogens is 1810 g/mol. The van der Waals surface area contributed by atoms with Crippen molar-refractivity contribution in [2.24, 2.45) is 68.4 Å². The predicted molar refractivity (Wildman–Crippen MR) is 502 cm³/mol. The van der Waals surface area contributed by atoms with Crippen LogP contribution in [0.15, 0.2) is 80.5 Å². The number of aromatic amines is 2. The fraction of sp³-hybridized carbons (Fsp3) is 0.511. The van der Waals surface area contributed by atoms with Crippen LogP contribution in [0.1, 0.15) is 206 Å². The van der Waals surface area contributed by atoms with Crippen molar-refractivity contribution in [2.45, 2.75) is 225 Å². The zero-order chi connectivity index (χ0) is 101. The number of nitrogens with zero attached hydrogens (tertiary/aromatic N) is 8. The first-order chi connectivity index (χ1) is 64.3. The molecule has 4 heterocycles. The smallest absolute Gasteiger partial charge is 0.327 e. The van der Waals surface area contributed by atoms with Gasteiger partial charge in [-0.15, -0.1) is 0 Å². The largest absolute Gasteiger partial charge is 0.481 e. The Kier molecular flexibility index (Phi) is 47.0. The molecular formula is C88H120N22O24S2. The van der Waals surface area contributed by atoms with E-state index in [2.05, 4.69) is 107 Å². The number of aryl methyl sites for hydroxylation is 4. The number of carboxylic acids is 5. The van der Waals surface area contributed by atoms with Crippen LogP contribution >= 0.6 is 25.3 Å². The molecule has 25 N–H and O–H groups in total. The molecule has 0 fully saturated rings. The van der Waals surface area contributed by atoms with Gasteiger partial charge < -0.3 is 91.8 Å². The van der Waals surface area contributed by atoms with E-state index in [0.717, 1.165) is 11.1 Å². The Hall–Kier alpha value is -14.1. The summed E-state index contributed by atoms with van der Waals surface area (Å²) < 4.78 is 0. The summed E-state index contributed by atoms with van der Waals surface area (Å²) in [5, 5.41) is 62.4. The van der Waals surface area contributed by atoms with E-state index in [1.165, 1.54) is 12.4 Å². The molecule has 0 aliphatic heterocycles. The molecule has 2 aromatic carbocycles. The number of nitrogens with two attached hydrogens (primary N) is 6. The van der Waals surface area contributed by atoms with Crippen molar-refractivity contribution in [2.75, 3.05) is 36.1 Å². The quantitative estimate of drug-likeness (QED) is 0.00837. The molecule has 4 aromatic heterocycles. The van der Waals surface area contributed by atoms with Gasteiger partial charge in [-0.3, -0.25) is 106 Å². The summed E-state index contributed by atoms with van der Waals surface area (Å²) >= 11 is 8.05. The van der Waals surface area contributed by atoms with Crippen molar-refractivity contribution < 1.29 is 107 Å². The lowest BCUT2D eigenvalue weighted by molar-refractivity contribution is -0.143. The van der Waals surface area contributed by atoms with Crippen LogP contribution in [-0.4, -0.2) is 238 Å². The third kappa shape index (κ3) is 40.0. The normalized spacial score (nSPS) is 13.7. The maximum Gasteiger partial charge on any atom is 0.327 e. The summed E-state index contributed by atoms with van der Waals surface area (Å²) in [7, 11) is 0. The molecule has 48 heteroatoms. The topological polar surface area (TPSA) is 787 Å². The molecule has 0 radical (unpaired) electrons. The van der Waals surface area contributed by atoms with Crippen LogP contribution in [0.3, 0.4) is 0 Å². The third-order valence-electron chi connectivity index (χ3n) is 21.8. The average molecular weight is 1930 g/mol. The van der Waals surface area contributed by atoms with Gasteiger partial charge in [0.1, 0.15) is 6.04 Å². The number of carbonyl (C=O) groups excluding carboxylic acids is 12. The molecule has 0 spiro atoms. The molecule has 6 rings (SSSR count). The Morgan fingerprint density at radius 2 is 0.728 bits per heavy atom. The molecule has 6 aromatic rings. The second-order valence-corrected chi connectivity index (χ2v) is 33.7. The summed E-state index contributed by atoms with van der Waals surface area (Å²) in [6.07, 6.45) is 0.0185. The number of ketones is 6. The van der Waals surface area contributed by atoms with E-state index in [4.69, 9.17) is 34.4 Å². The maximum absolute atomic E-state index is 13.7. The number of aliphatic imine (C=N–C) groups is 2.